The van der Waals surface area contributed by atoms with Crippen LogP contribution in [0, 0.1) is 0 Å². The third-order valence-electron chi connectivity index (χ3n) is 2.18. The average molecular weight is 232 g/mol. The normalized spacial score (nSPS) is 22.1. The molecular weight excluding hydrogens is 216 g/mol. The third kappa shape index (κ3) is 3.55. The fourth-order valence-corrected chi connectivity index (χ4v) is 2.55. The smallest absolute Gasteiger partial charge is 0.140 e. The van der Waals surface area contributed by atoms with E-state index in [2.05, 4.69) is 0 Å². The van der Waals surface area contributed by atoms with Gasteiger partial charge in [-0.05, 0) is 26.2 Å². The zero-order chi connectivity index (χ0) is 10.6. The molecular formula is C9H16N2OS2. The molecule has 5 heteroatoms. The van der Waals surface area contributed by atoms with Crippen molar-refractivity contribution in [1.29, 1.82) is 0 Å². The first kappa shape index (κ1) is 11.9. The molecule has 1 rings (SSSR count). The molecule has 1 fully saturated rings. The molecule has 1 aliphatic heterocycles. The largest absolute Gasteiger partial charge is 0.342 e. The number of rotatable bonds is 2. The molecule has 0 radical (unpaired) electrons. The lowest BCUT2D eigenvalue weighted by atomic mass is 10.1. The van der Waals surface area contributed by atoms with Gasteiger partial charge in [0.25, 0.3) is 0 Å². The summed E-state index contributed by atoms with van der Waals surface area (Å²) in [7, 11) is 0. The highest BCUT2D eigenvalue weighted by molar-refractivity contribution is 8.23. The molecule has 0 aromatic heterocycles. The first-order chi connectivity index (χ1) is 6.61. The van der Waals surface area contributed by atoms with Crippen LogP contribution in [0.1, 0.15) is 26.2 Å². The number of carbonyl (C=O) groups excluding carboxylic acids is 1. The van der Waals surface area contributed by atoms with E-state index in [0.29, 0.717) is 5.75 Å². The maximum absolute atomic E-state index is 10.8. The van der Waals surface area contributed by atoms with Gasteiger partial charge in [0.1, 0.15) is 10.1 Å². The highest BCUT2D eigenvalue weighted by atomic mass is 32.2. The van der Waals surface area contributed by atoms with Gasteiger partial charge in [0.15, 0.2) is 0 Å². The van der Waals surface area contributed by atoms with E-state index >= 15 is 0 Å². The fraction of sp³-hybridized carbons (Fsp3) is 0.778. The van der Waals surface area contributed by atoms with E-state index in [-0.39, 0.29) is 11.9 Å². The lowest BCUT2D eigenvalue weighted by Crippen LogP contribution is -2.47. The van der Waals surface area contributed by atoms with Crippen LogP contribution in [0.4, 0.5) is 0 Å². The summed E-state index contributed by atoms with van der Waals surface area (Å²) < 4.78 is 0.771. The number of piperidine rings is 1. The van der Waals surface area contributed by atoms with Gasteiger partial charge >= 0.3 is 0 Å². The van der Waals surface area contributed by atoms with E-state index < -0.39 is 0 Å². The summed E-state index contributed by atoms with van der Waals surface area (Å²) in [6.07, 6.45) is 3.38. The first-order valence-corrected chi connectivity index (χ1v) is 6.19. The Hall–Kier alpha value is -0.130. The van der Waals surface area contributed by atoms with Crippen LogP contribution in [0.15, 0.2) is 0 Å². The Labute approximate surface area is 94.4 Å². The monoisotopic (exact) mass is 232 g/mol. The molecule has 0 spiro atoms. The zero-order valence-electron chi connectivity index (χ0n) is 8.36. The molecule has 0 aromatic carbocycles. The van der Waals surface area contributed by atoms with E-state index in [0.717, 1.165) is 23.7 Å². The highest BCUT2D eigenvalue weighted by Crippen LogP contribution is 2.19. The standard InChI is InChI=1S/C9H16N2OS2/c1-7(12)6-14-9(13)11-5-3-2-4-8(11)10/h8H,2-6,10H2,1H3. The topological polar surface area (TPSA) is 46.3 Å². The molecule has 0 amide bonds. The second kappa shape index (κ2) is 5.68. The quantitative estimate of drug-likeness (QED) is 0.729. The van der Waals surface area contributed by atoms with Gasteiger partial charge in [-0.2, -0.15) is 0 Å². The van der Waals surface area contributed by atoms with Crippen molar-refractivity contribution in [3.05, 3.63) is 0 Å². The van der Waals surface area contributed by atoms with Gasteiger partial charge < -0.3 is 10.6 Å². The lowest BCUT2D eigenvalue weighted by molar-refractivity contribution is -0.114. The van der Waals surface area contributed by atoms with Crippen molar-refractivity contribution in [3.8, 4) is 0 Å². The van der Waals surface area contributed by atoms with Gasteiger partial charge in [0.05, 0.1) is 11.9 Å². The predicted molar refractivity (Wildman–Crippen MR) is 64.3 cm³/mol. The van der Waals surface area contributed by atoms with Crippen LogP contribution in [-0.4, -0.2) is 33.5 Å². The number of thioether (sulfide) groups is 1. The summed E-state index contributed by atoms with van der Waals surface area (Å²) in [5.41, 5.74) is 5.93. The Bertz CT molecular complexity index is 233. The average Bonchev–Trinajstić information content (AvgIpc) is 2.15. The van der Waals surface area contributed by atoms with E-state index in [4.69, 9.17) is 18.0 Å². The number of nitrogens with two attached hydrogens (primary N) is 1. The molecule has 0 saturated carbocycles. The molecule has 1 unspecified atom stereocenters. The van der Waals surface area contributed by atoms with Crippen LogP contribution in [0.25, 0.3) is 0 Å². The van der Waals surface area contributed by atoms with E-state index in [1.54, 1.807) is 6.92 Å². The van der Waals surface area contributed by atoms with Gasteiger partial charge in [-0.25, -0.2) is 0 Å². The number of ketones is 1. The van der Waals surface area contributed by atoms with Crippen LogP contribution in [0.5, 0.6) is 0 Å². The minimum atomic E-state index is 0.0516. The van der Waals surface area contributed by atoms with Crippen LogP contribution < -0.4 is 5.73 Å². The SMILES string of the molecule is CC(=O)CSC(=S)N1CCCCC1N. The van der Waals surface area contributed by atoms with E-state index in [1.165, 1.54) is 18.2 Å². The summed E-state index contributed by atoms with van der Waals surface area (Å²) in [6.45, 7) is 2.51. The van der Waals surface area contributed by atoms with Crippen molar-refractivity contribution in [2.24, 2.45) is 5.73 Å². The van der Waals surface area contributed by atoms with Gasteiger partial charge in [-0.15, -0.1) is 0 Å². The lowest BCUT2D eigenvalue weighted by Gasteiger charge is -2.34. The van der Waals surface area contributed by atoms with Gasteiger partial charge in [-0.3, -0.25) is 4.79 Å². The van der Waals surface area contributed by atoms with Crippen molar-refractivity contribution in [1.82, 2.24) is 4.90 Å². The van der Waals surface area contributed by atoms with Crippen LogP contribution in [0.2, 0.25) is 0 Å². The summed E-state index contributed by atoms with van der Waals surface area (Å²) in [5.74, 6) is 0.616. The van der Waals surface area contributed by atoms with Crippen LogP contribution in [-0.2, 0) is 4.79 Å². The summed E-state index contributed by atoms with van der Waals surface area (Å²) in [4.78, 5) is 12.8. The van der Waals surface area contributed by atoms with E-state index in [9.17, 15) is 4.79 Å². The summed E-state index contributed by atoms with van der Waals surface area (Å²) in [5, 5.41) is 0. The van der Waals surface area contributed by atoms with Gasteiger partial charge in [0, 0.05) is 6.54 Å². The summed E-state index contributed by atoms with van der Waals surface area (Å²) in [6, 6.07) is 0. The number of hydrogen-bond donors (Lipinski definition) is 1. The molecule has 1 saturated heterocycles. The number of nitrogens with zero attached hydrogens (tertiary/aromatic N) is 1. The van der Waals surface area contributed by atoms with Crippen LogP contribution in [0.3, 0.4) is 0 Å². The first-order valence-electron chi connectivity index (χ1n) is 4.79. The van der Waals surface area contributed by atoms with Gasteiger partial charge in [0.2, 0.25) is 0 Å². The Balaban J connectivity index is 2.38. The van der Waals surface area contributed by atoms with E-state index in [1.807, 2.05) is 4.90 Å². The molecule has 1 aliphatic rings. The molecule has 2 N–H and O–H groups in total. The number of carbonyl (C=O) groups is 1. The maximum Gasteiger partial charge on any atom is 0.140 e. The molecule has 0 aromatic rings. The molecule has 3 nitrogen and oxygen atoms in total. The minimum Gasteiger partial charge on any atom is -0.342 e. The summed E-state index contributed by atoms with van der Waals surface area (Å²) >= 11 is 6.65. The molecule has 0 bridgehead atoms. The Morgan fingerprint density at radius 1 is 1.64 bits per heavy atom. The fourth-order valence-electron chi connectivity index (χ4n) is 1.43. The van der Waals surface area contributed by atoms with Gasteiger partial charge in [-0.1, -0.05) is 24.0 Å². The number of hydrogen-bond acceptors (Lipinski definition) is 4. The number of likely N-dealkylation sites (tertiary alicyclic amines) is 1. The number of thiocarbonyl (C=S) groups is 1. The second-order valence-electron chi connectivity index (χ2n) is 3.51. The molecule has 0 aliphatic carbocycles. The Morgan fingerprint density at radius 2 is 2.36 bits per heavy atom. The zero-order valence-corrected chi connectivity index (χ0v) is 10.00. The third-order valence-corrected chi connectivity index (χ3v) is 3.80. The second-order valence-corrected chi connectivity index (χ2v) is 5.12. The minimum absolute atomic E-state index is 0.0516. The number of Topliss-reactive ketones (excluding diaryl/α,β-unsaturated/α-hetero) is 1. The van der Waals surface area contributed by atoms with Crippen molar-refractivity contribution >= 4 is 34.1 Å². The molecule has 80 valence electrons. The van der Waals surface area contributed by atoms with Crippen molar-refractivity contribution in [3.63, 3.8) is 0 Å². The van der Waals surface area contributed by atoms with Crippen molar-refractivity contribution in [2.45, 2.75) is 32.4 Å². The Morgan fingerprint density at radius 3 is 2.93 bits per heavy atom. The highest BCUT2D eigenvalue weighted by Gasteiger charge is 2.21. The Kier molecular flexibility index (Phi) is 4.84. The molecule has 1 atom stereocenters. The molecule has 1 heterocycles. The van der Waals surface area contributed by atoms with Crippen molar-refractivity contribution in [2.75, 3.05) is 12.3 Å². The maximum atomic E-state index is 10.8. The predicted octanol–water partition coefficient (Wildman–Crippen LogP) is 1.36. The van der Waals surface area contributed by atoms with Crippen molar-refractivity contribution < 1.29 is 4.79 Å². The molecule has 14 heavy (non-hydrogen) atoms. The van der Waals surface area contributed by atoms with Crippen LogP contribution >= 0.6 is 24.0 Å².